The fraction of sp³-hybridized carbons (Fsp3) is 0.318. The molecule has 2 aromatic carbocycles. The number of fused-ring (bicyclic) bond motifs is 1. The van der Waals surface area contributed by atoms with Crippen LogP contribution in [0.4, 0.5) is 8.78 Å². The molecule has 0 radical (unpaired) electrons. The highest BCUT2D eigenvalue weighted by Crippen LogP contribution is 2.54. The van der Waals surface area contributed by atoms with Gasteiger partial charge in [-0.3, -0.25) is 4.79 Å². The van der Waals surface area contributed by atoms with Crippen LogP contribution in [0.2, 0.25) is 0 Å². The monoisotopic (exact) mass is 381 g/mol. The summed E-state index contributed by atoms with van der Waals surface area (Å²) in [6.45, 7) is 6.08. The van der Waals surface area contributed by atoms with Gasteiger partial charge in [-0.25, -0.2) is 18.7 Å². The van der Waals surface area contributed by atoms with Crippen LogP contribution in [0.1, 0.15) is 40.7 Å². The number of carbonyl (C=O) groups excluding carboxylic acids is 1. The first-order chi connectivity index (χ1) is 13.3. The van der Waals surface area contributed by atoms with Crippen LogP contribution in [0.25, 0.3) is 11.0 Å². The summed E-state index contributed by atoms with van der Waals surface area (Å²) in [5.74, 6) is -1.20. The van der Waals surface area contributed by atoms with E-state index in [1.54, 1.807) is 18.2 Å². The SMILES string of the molecule is Cc1nc2ccc(C(=O)NCC3(c4ccc(F)cc4F)CC3C)cc2nc1C. The molecule has 6 heteroatoms. The van der Waals surface area contributed by atoms with Gasteiger partial charge in [-0.2, -0.15) is 0 Å². The van der Waals surface area contributed by atoms with E-state index in [0.717, 1.165) is 29.4 Å². The summed E-state index contributed by atoms with van der Waals surface area (Å²) in [7, 11) is 0. The zero-order valence-electron chi connectivity index (χ0n) is 16.0. The van der Waals surface area contributed by atoms with Gasteiger partial charge in [0, 0.05) is 23.6 Å². The van der Waals surface area contributed by atoms with Crippen LogP contribution in [0.3, 0.4) is 0 Å². The summed E-state index contributed by atoms with van der Waals surface area (Å²) >= 11 is 0. The Kier molecular flexibility index (Phi) is 4.37. The zero-order valence-corrected chi connectivity index (χ0v) is 16.0. The van der Waals surface area contributed by atoms with E-state index in [0.29, 0.717) is 23.2 Å². The van der Waals surface area contributed by atoms with Crippen molar-refractivity contribution in [2.24, 2.45) is 5.92 Å². The highest BCUT2D eigenvalue weighted by molar-refractivity contribution is 5.97. The Balaban J connectivity index is 1.55. The lowest BCUT2D eigenvalue weighted by Gasteiger charge is -2.19. The number of hydrogen-bond donors (Lipinski definition) is 1. The van der Waals surface area contributed by atoms with Crippen LogP contribution in [-0.4, -0.2) is 22.4 Å². The molecule has 4 rings (SSSR count). The molecule has 0 bridgehead atoms. The Hall–Kier alpha value is -2.89. The Labute approximate surface area is 162 Å². The van der Waals surface area contributed by atoms with E-state index in [2.05, 4.69) is 15.3 Å². The zero-order chi connectivity index (χ0) is 20.1. The van der Waals surface area contributed by atoms with Crippen molar-refractivity contribution in [2.75, 3.05) is 6.54 Å². The van der Waals surface area contributed by atoms with Gasteiger partial charge in [0.2, 0.25) is 0 Å². The normalized spacial score (nSPS) is 21.0. The Bertz CT molecular complexity index is 1100. The van der Waals surface area contributed by atoms with Gasteiger partial charge >= 0.3 is 0 Å². The first-order valence-electron chi connectivity index (χ1n) is 9.29. The predicted octanol–water partition coefficient (Wildman–Crippen LogP) is 4.23. The Morgan fingerprint density at radius 1 is 1.11 bits per heavy atom. The maximum atomic E-state index is 14.3. The molecule has 2 unspecified atom stereocenters. The molecule has 0 spiro atoms. The highest BCUT2D eigenvalue weighted by atomic mass is 19.1. The second-order valence-corrected chi connectivity index (χ2v) is 7.67. The maximum absolute atomic E-state index is 14.3. The quantitative estimate of drug-likeness (QED) is 0.736. The second-order valence-electron chi connectivity index (χ2n) is 7.67. The molecular formula is C22H21F2N3O. The molecule has 1 aliphatic carbocycles. The van der Waals surface area contributed by atoms with Crippen LogP contribution in [-0.2, 0) is 5.41 Å². The number of aryl methyl sites for hydroxylation is 2. The lowest BCUT2D eigenvalue weighted by molar-refractivity contribution is 0.0949. The number of aromatic nitrogens is 2. The first-order valence-corrected chi connectivity index (χ1v) is 9.29. The molecule has 1 fully saturated rings. The largest absolute Gasteiger partial charge is 0.351 e. The summed E-state index contributed by atoms with van der Waals surface area (Å²) < 4.78 is 27.5. The maximum Gasteiger partial charge on any atom is 0.251 e. The van der Waals surface area contributed by atoms with E-state index in [-0.39, 0.29) is 11.8 Å². The number of nitrogens with one attached hydrogen (secondary N) is 1. The Morgan fingerprint density at radius 2 is 1.79 bits per heavy atom. The van der Waals surface area contributed by atoms with Crippen molar-refractivity contribution in [1.29, 1.82) is 0 Å². The minimum absolute atomic E-state index is 0.209. The summed E-state index contributed by atoms with van der Waals surface area (Å²) in [5.41, 5.74) is 3.52. The molecule has 0 aliphatic heterocycles. The summed E-state index contributed by atoms with van der Waals surface area (Å²) in [6, 6.07) is 8.85. The van der Waals surface area contributed by atoms with Gasteiger partial charge in [-0.1, -0.05) is 13.0 Å². The lowest BCUT2D eigenvalue weighted by atomic mass is 9.92. The van der Waals surface area contributed by atoms with Gasteiger partial charge in [0.15, 0.2) is 0 Å². The molecule has 28 heavy (non-hydrogen) atoms. The van der Waals surface area contributed by atoms with Crippen LogP contribution in [0, 0.1) is 31.4 Å². The molecular weight excluding hydrogens is 360 g/mol. The van der Waals surface area contributed by atoms with Crippen LogP contribution in [0.5, 0.6) is 0 Å². The molecule has 1 heterocycles. The second kappa shape index (κ2) is 6.62. The smallest absolute Gasteiger partial charge is 0.251 e. The number of carbonyl (C=O) groups is 1. The first kappa shape index (κ1) is 18.5. The van der Waals surface area contributed by atoms with Crippen LogP contribution >= 0.6 is 0 Å². The van der Waals surface area contributed by atoms with Gasteiger partial charge in [-0.15, -0.1) is 0 Å². The predicted molar refractivity (Wildman–Crippen MR) is 103 cm³/mol. The molecule has 1 N–H and O–H groups in total. The van der Waals surface area contributed by atoms with Crippen molar-refractivity contribution < 1.29 is 13.6 Å². The molecule has 2 atom stereocenters. The molecule has 4 nitrogen and oxygen atoms in total. The van der Waals surface area contributed by atoms with Crippen molar-refractivity contribution in [3.05, 3.63) is 70.5 Å². The molecule has 1 aliphatic rings. The molecule has 3 aromatic rings. The third-order valence-corrected chi connectivity index (χ3v) is 5.82. The molecule has 1 saturated carbocycles. The van der Waals surface area contributed by atoms with Crippen molar-refractivity contribution >= 4 is 16.9 Å². The van der Waals surface area contributed by atoms with E-state index < -0.39 is 17.0 Å². The Morgan fingerprint density at radius 3 is 2.43 bits per heavy atom. The topological polar surface area (TPSA) is 54.9 Å². The van der Waals surface area contributed by atoms with E-state index in [1.807, 2.05) is 20.8 Å². The van der Waals surface area contributed by atoms with E-state index in [4.69, 9.17) is 0 Å². The summed E-state index contributed by atoms with van der Waals surface area (Å²) in [4.78, 5) is 21.6. The number of hydrogen-bond acceptors (Lipinski definition) is 3. The average Bonchev–Trinajstić information content (AvgIpc) is 3.30. The number of benzene rings is 2. The lowest BCUT2D eigenvalue weighted by Crippen LogP contribution is -2.33. The van der Waals surface area contributed by atoms with Gasteiger partial charge in [0.05, 0.1) is 22.4 Å². The van der Waals surface area contributed by atoms with Gasteiger partial charge in [-0.05, 0) is 56.0 Å². The molecule has 1 amide bonds. The third-order valence-electron chi connectivity index (χ3n) is 5.82. The third kappa shape index (κ3) is 3.13. The number of nitrogens with zero attached hydrogens (tertiary/aromatic N) is 2. The standard InChI is InChI=1S/C22H21F2N3O/c1-12-10-22(12,17-6-5-16(23)9-18(17)24)11-25-21(28)15-4-7-19-20(8-15)27-14(3)13(2)26-19/h4-9,12H,10-11H2,1-3H3,(H,25,28). The van der Waals surface area contributed by atoms with Gasteiger partial charge in [0.1, 0.15) is 11.6 Å². The van der Waals surface area contributed by atoms with E-state index in [1.165, 1.54) is 12.1 Å². The number of halogens is 2. The minimum Gasteiger partial charge on any atom is -0.351 e. The van der Waals surface area contributed by atoms with Crippen molar-refractivity contribution in [2.45, 2.75) is 32.6 Å². The van der Waals surface area contributed by atoms with Gasteiger partial charge in [0.25, 0.3) is 5.91 Å². The van der Waals surface area contributed by atoms with Crippen molar-refractivity contribution in [3.8, 4) is 0 Å². The van der Waals surface area contributed by atoms with Gasteiger partial charge < -0.3 is 5.32 Å². The number of rotatable bonds is 4. The van der Waals surface area contributed by atoms with E-state index >= 15 is 0 Å². The molecule has 0 saturated heterocycles. The summed E-state index contributed by atoms with van der Waals surface area (Å²) in [5, 5.41) is 2.92. The highest BCUT2D eigenvalue weighted by Gasteiger charge is 2.53. The van der Waals surface area contributed by atoms with Crippen molar-refractivity contribution in [1.82, 2.24) is 15.3 Å². The minimum atomic E-state index is -0.600. The fourth-order valence-electron chi connectivity index (χ4n) is 3.81. The molecule has 144 valence electrons. The van der Waals surface area contributed by atoms with Crippen LogP contribution < -0.4 is 5.32 Å². The summed E-state index contributed by atoms with van der Waals surface area (Å²) in [6.07, 6.45) is 0.748. The molecule has 1 aromatic heterocycles. The van der Waals surface area contributed by atoms with Crippen molar-refractivity contribution in [3.63, 3.8) is 0 Å². The fourth-order valence-corrected chi connectivity index (χ4v) is 3.81. The van der Waals surface area contributed by atoms with E-state index in [9.17, 15) is 13.6 Å². The average molecular weight is 381 g/mol. The number of amides is 1. The van der Waals surface area contributed by atoms with Crippen LogP contribution in [0.15, 0.2) is 36.4 Å².